The Morgan fingerprint density at radius 2 is 1.88 bits per heavy atom. The molecule has 0 aromatic heterocycles. The van der Waals surface area contributed by atoms with Crippen LogP contribution in [0.15, 0.2) is 35.3 Å². The molecule has 4 nitrogen and oxygen atoms in total. The number of nitrogens with zero attached hydrogens (tertiary/aromatic N) is 2. The Morgan fingerprint density at radius 1 is 1.08 bits per heavy atom. The Morgan fingerprint density at radius 3 is 2.58 bits per heavy atom. The highest BCUT2D eigenvalue weighted by Crippen LogP contribution is 2.11. The molecule has 0 saturated heterocycles. The maximum absolute atomic E-state index is 4.64. The average Bonchev–Trinajstić information content (AvgIpc) is 2.61. The van der Waals surface area contributed by atoms with E-state index in [1.54, 1.807) is 0 Å². The standard InChI is InChI=1S/C19H34N4S/c1-4-20-19(22-15-9-11-17-24-3)21-14-8-10-16-23(2)18-12-6-5-7-13-18/h5-7,12-13H,4,8-11,14-17H2,1-3H3,(H2,20,21,22). The molecule has 0 amide bonds. The van der Waals surface area contributed by atoms with Gasteiger partial charge in [0.2, 0.25) is 0 Å². The number of hydrogen-bond acceptors (Lipinski definition) is 3. The minimum Gasteiger partial charge on any atom is -0.375 e. The van der Waals surface area contributed by atoms with Crippen LogP contribution in [-0.4, -0.2) is 51.2 Å². The molecule has 1 aromatic rings. The van der Waals surface area contributed by atoms with E-state index >= 15 is 0 Å². The van der Waals surface area contributed by atoms with Crippen molar-refractivity contribution in [3.05, 3.63) is 30.3 Å². The second-order valence-corrected chi connectivity index (χ2v) is 6.84. The van der Waals surface area contributed by atoms with E-state index in [1.807, 2.05) is 11.8 Å². The molecular weight excluding hydrogens is 316 g/mol. The van der Waals surface area contributed by atoms with E-state index in [0.29, 0.717) is 0 Å². The van der Waals surface area contributed by atoms with E-state index in [-0.39, 0.29) is 0 Å². The first kappa shape index (κ1) is 20.7. The van der Waals surface area contributed by atoms with Gasteiger partial charge in [-0.25, -0.2) is 0 Å². The summed E-state index contributed by atoms with van der Waals surface area (Å²) in [6, 6.07) is 10.6. The van der Waals surface area contributed by atoms with Crippen molar-refractivity contribution in [3.63, 3.8) is 0 Å². The SMILES string of the molecule is CCNC(=NCCCCSC)NCCCCN(C)c1ccccc1. The predicted molar refractivity (Wildman–Crippen MR) is 111 cm³/mol. The maximum atomic E-state index is 4.64. The second-order valence-electron chi connectivity index (χ2n) is 5.85. The Hall–Kier alpha value is -1.36. The van der Waals surface area contributed by atoms with E-state index in [2.05, 4.69) is 71.1 Å². The summed E-state index contributed by atoms with van der Waals surface area (Å²) in [4.78, 5) is 6.95. The second kappa shape index (κ2) is 14.0. The van der Waals surface area contributed by atoms with Gasteiger partial charge in [0, 0.05) is 38.9 Å². The Kier molecular flexibility index (Phi) is 12.1. The smallest absolute Gasteiger partial charge is 0.191 e. The summed E-state index contributed by atoms with van der Waals surface area (Å²) in [6.45, 7) is 5.98. The molecule has 1 rings (SSSR count). The Bertz CT molecular complexity index is 436. The topological polar surface area (TPSA) is 39.7 Å². The Balaban J connectivity index is 2.17. The van der Waals surface area contributed by atoms with Crippen LogP contribution in [0.1, 0.15) is 32.6 Å². The van der Waals surface area contributed by atoms with Gasteiger partial charge in [-0.15, -0.1) is 0 Å². The summed E-state index contributed by atoms with van der Waals surface area (Å²) in [6.07, 6.45) is 6.89. The van der Waals surface area contributed by atoms with E-state index < -0.39 is 0 Å². The van der Waals surface area contributed by atoms with Crippen molar-refractivity contribution in [1.29, 1.82) is 0 Å². The van der Waals surface area contributed by atoms with Crippen LogP contribution in [-0.2, 0) is 0 Å². The number of para-hydroxylation sites is 1. The summed E-state index contributed by atoms with van der Waals surface area (Å²) in [5, 5.41) is 6.76. The molecule has 5 heteroatoms. The van der Waals surface area contributed by atoms with Gasteiger partial charge < -0.3 is 15.5 Å². The molecule has 0 aliphatic heterocycles. The first-order valence-corrected chi connectivity index (χ1v) is 10.4. The largest absolute Gasteiger partial charge is 0.375 e. The molecule has 0 aliphatic rings. The summed E-state index contributed by atoms with van der Waals surface area (Å²) < 4.78 is 0. The van der Waals surface area contributed by atoms with Crippen LogP contribution in [0.3, 0.4) is 0 Å². The number of guanidine groups is 1. The molecule has 0 bridgehead atoms. The molecule has 0 radical (unpaired) electrons. The number of anilines is 1. The van der Waals surface area contributed by atoms with Crippen LogP contribution in [0.25, 0.3) is 0 Å². The minimum absolute atomic E-state index is 0.909. The van der Waals surface area contributed by atoms with Crippen LogP contribution in [0.5, 0.6) is 0 Å². The molecule has 0 unspecified atom stereocenters. The third-order valence-corrected chi connectivity index (χ3v) is 4.48. The fourth-order valence-corrected chi connectivity index (χ4v) is 2.88. The van der Waals surface area contributed by atoms with Crippen molar-refractivity contribution in [2.24, 2.45) is 4.99 Å². The number of hydrogen-bond donors (Lipinski definition) is 2. The highest BCUT2D eigenvalue weighted by Gasteiger charge is 2.00. The van der Waals surface area contributed by atoms with E-state index in [1.165, 1.54) is 30.7 Å². The van der Waals surface area contributed by atoms with Crippen molar-refractivity contribution < 1.29 is 0 Å². The fraction of sp³-hybridized carbons (Fsp3) is 0.632. The van der Waals surface area contributed by atoms with Crippen molar-refractivity contribution >= 4 is 23.4 Å². The van der Waals surface area contributed by atoms with Gasteiger partial charge in [0.15, 0.2) is 5.96 Å². The Labute approximate surface area is 152 Å². The molecular formula is C19H34N4S. The number of unbranched alkanes of at least 4 members (excludes halogenated alkanes) is 2. The maximum Gasteiger partial charge on any atom is 0.191 e. The molecule has 1 aromatic carbocycles. The molecule has 0 heterocycles. The molecule has 0 aliphatic carbocycles. The molecule has 136 valence electrons. The highest BCUT2D eigenvalue weighted by molar-refractivity contribution is 7.98. The first-order valence-electron chi connectivity index (χ1n) is 9.05. The van der Waals surface area contributed by atoms with Crippen molar-refractivity contribution in [2.75, 3.05) is 50.1 Å². The molecule has 0 saturated carbocycles. The molecule has 0 spiro atoms. The molecule has 0 atom stereocenters. The van der Waals surface area contributed by atoms with Gasteiger partial charge in [-0.3, -0.25) is 4.99 Å². The zero-order chi connectivity index (χ0) is 17.5. The molecule has 0 fully saturated rings. The van der Waals surface area contributed by atoms with Crippen LogP contribution < -0.4 is 15.5 Å². The van der Waals surface area contributed by atoms with Gasteiger partial charge in [0.25, 0.3) is 0 Å². The van der Waals surface area contributed by atoms with E-state index in [0.717, 1.165) is 38.6 Å². The van der Waals surface area contributed by atoms with Gasteiger partial charge in [0.1, 0.15) is 0 Å². The van der Waals surface area contributed by atoms with Crippen LogP contribution in [0.4, 0.5) is 5.69 Å². The summed E-state index contributed by atoms with van der Waals surface area (Å²) in [7, 11) is 2.16. The van der Waals surface area contributed by atoms with Gasteiger partial charge in [-0.2, -0.15) is 11.8 Å². The van der Waals surface area contributed by atoms with Crippen molar-refractivity contribution in [1.82, 2.24) is 10.6 Å². The number of rotatable bonds is 12. The lowest BCUT2D eigenvalue weighted by Crippen LogP contribution is -2.38. The minimum atomic E-state index is 0.909. The number of aliphatic imine (C=N–C) groups is 1. The van der Waals surface area contributed by atoms with Gasteiger partial charge in [0.05, 0.1) is 0 Å². The summed E-state index contributed by atoms with van der Waals surface area (Å²) in [5.41, 5.74) is 1.28. The number of benzene rings is 1. The van der Waals surface area contributed by atoms with E-state index in [9.17, 15) is 0 Å². The lowest BCUT2D eigenvalue weighted by atomic mass is 10.2. The van der Waals surface area contributed by atoms with Gasteiger partial charge >= 0.3 is 0 Å². The monoisotopic (exact) mass is 350 g/mol. The highest BCUT2D eigenvalue weighted by atomic mass is 32.2. The summed E-state index contributed by atoms with van der Waals surface area (Å²) in [5.74, 6) is 2.19. The van der Waals surface area contributed by atoms with Crippen LogP contribution >= 0.6 is 11.8 Å². The van der Waals surface area contributed by atoms with Crippen molar-refractivity contribution in [2.45, 2.75) is 32.6 Å². The normalized spacial score (nSPS) is 11.4. The van der Waals surface area contributed by atoms with Crippen molar-refractivity contribution in [3.8, 4) is 0 Å². The lowest BCUT2D eigenvalue weighted by Gasteiger charge is -2.19. The van der Waals surface area contributed by atoms with Crippen LogP contribution in [0.2, 0.25) is 0 Å². The average molecular weight is 351 g/mol. The summed E-state index contributed by atoms with van der Waals surface area (Å²) >= 11 is 1.91. The lowest BCUT2D eigenvalue weighted by molar-refractivity contribution is 0.685. The zero-order valence-electron chi connectivity index (χ0n) is 15.6. The third kappa shape index (κ3) is 9.71. The quantitative estimate of drug-likeness (QED) is 0.343. The number of thioether (sulfide) groups is 1. The molecule has 24 heavy (non-hydrogen) atoms. The zero-order valence-corrected chi connectivity index (χ0v) is 16.4. The fourth-order valence-electron chi connectivity index (χ4n) is 2.38. The first-order chi connectivity index (χ1) is 11.8. The van der Waals surface area contributed by atoms with Gasteiger partial charge in [-0.05, 0) is 56.7 Å². The van der Waals surface area contributed by atoms with Crippen LogP contribution in [0, 0.1) is 0 Å². The predicted octanol–water partition coefficient (Wildman–Crippen LogP) is 3.60. The number of nitrogens with one attached hydrogen (secondary N) is 2. The van der Waals surface area contributed by atoms with E-state index in [4.69, 9.17) is 0 Å². The third-order valence-electron chi connectivity index (χ3n) is 3.78. The van der Waals surface area contributed by atoms with Gasteiger partial charge in [-0.1, -0.05) is 18.2 Å². The molecule has 2 N–H and O–H groups in total.